The van der Waals surface area contributed by atoms with Crippen LogP contribution in [0.25, 0.3) is 5.65 Å². The summed E-state index contributed by atoms with van der Waals surface area (Å²) in [4.78, 5) is 16.4. The number of hydrogen-bond acceptors (Lipinski definition) is 4. The minimum Gasteiger partial charge on any atom is -0.495 e. The molecule has 2 heterocycles. The van der Waals surface area contributed by atoms with Crippen LogP contribution in [0.4, 0.5) is 0 Å². The van der Waals surface area contributed by atoms with Crippen molar-refractivity contribution in [1.29, 1.82) is 0 Å². The number of carbonyl (C=O) groups excluding carboxylic acids is 1. The average Bonchev–Trinajstić information content (AvgIpc) is 2.76. The monoisotopic (exact) mass is 248 g/mol. The summed E-state index contributed by atoms with van der Waals surface area (Å²) in [5.74, 6) is 0.322. The number of carbonyl (C=O) groups is 1. The van der Waals surface area contributed by atoms with E-state index >= 15 is 0 Å². The summed E-state index contributed by atoms with van der Waals surface area (Å²) in [6, 6.07) is 3.64. The number of nitrogens with zero attached hydrogens (tertiary/aromatic N) is 2. The molecule has 0 aliphatic carbocycles. The third kappa shape index (κ3) is 2.03. The molecule has 0 aliphatic heterocycles. The summed E-state index contributed by atoms with van der Waals surface area (Å²) in [5, 5.41) is 0. The highest BCUT2D eigenvalue weighted by atomic mass is 16.5. The lowest BCUT2D eigenvalue weighted by atomic mass is 10.2. The Morgan fingerprint density at radius 3 is 2.78 bits per heavy atom. The van der Waals surface area contributed by atoms with Gasteiger partial charge in [-0.25, -0.2) is 9.78 Å². The standard InChI is InChI=1S/C13H16N2O3/c1-4-10-12(13(16)18-5-2)15-8-9(17-3)6-7-11(15)14-10/h6-8H,4-5H2,1-3H3. The normalized spacial score (nSPS) is 10.6. The van der Waals surface area contributed by atoms with E-state index in [1.165, 1.54) is 0 Å². The van der Waals surface area contributed by atoms with Crippen molar-refractivity contribution in [2.45, 2.75) is 20.3 Å². The summed E-state index contributed by atoms with van der Waals surface area (Å²) in [6.07, 6.45) is 2.42. The number of rotatable bonds is 4. The van der Waals surface area contributed by atoms with Crippen molar-refractivity contribution in [3.8, 4) is 5.75 Å². The molecule has 0 aliphatic rings. The lowest BCUT2D eigenvalue weighted by Crippen LogP contribution is -2.10. The molecular weight excluding hydrogens is 232 g/mol. The molecule has 0 spiro atoms. The van der Waals surface area contributed by atoms with Gasteiger partial charge in [0, 0.05) is 0 Å². The molecule has 0 saturated heterocycles. The maximum Gasteiger partial charge on any atom is 0.357 e. The third-order valence-corrected chi connectivity index (χ3v) is 2.70. The predicted octanol–water partition coefficient (Wildman–Crippen LogP) is 2.08. The first-order valence-electron chi connectivity index (χ1n) is 5.93. The summed E-state index contributed by atoms with van der Waals surface area (Å²) < 4.78 is 11.9. The van der Waals surface area contributed by atoms with Gasteiger partial charge >= 0.3 is 5.97 Å². The maximum absolute atomic E-state index is 12.0. The van der Waals surface area contributed by atoms with Gasteiger partial charge in [-0.2, -0.15) is 0 Å². The van der Waals surface area contributed by atoms with Crippen LogP contribution in [-0.2, 0) is 11.2 Å². The molecule has 2 rings (SSSR count). The molecule has 96 valence electrons. The molecule has 0 aromatic carbocycles. The molecule has 0 amide bonds. The number of fused-ring (bicyclic) bond motifs is 1. The van der Waals surface area contributed by atoms with Gasteiger partial charge in [-0.1, -0.05) is 6.92 Å². The van der Waals surface area contributed by atoms with Crippen LogP contribution in [0.5, 0.6) is 5.75 Å². The minimum atomic E-state index is -0.352. The third-order valence-electron chi connectivity index (χ3n) is 2.70. The Labute approximate surface area is 105 Å². The van der Waals surface area contributed by atoms with Crippen molar-refractivity contribution >= 4 is 11.6 Å². The highest BCUT2D eigenvalue weighted by Gasteiger charge is 2.19. The van der Waals surface area contributed by atoms with Crippen LogP contribution >= 0.6 is 0 Å². The van der Waals surface area contributed by atoms with Gasteiger partial charge in [0.2, 0.25) is 0 Å². The second-order valence-electron chi connectivity index (χ2n) is 3.78. The summed E-state index contributed by atoms with van der Waals surface area (Å²) in [7, 11) is 1.59. The Morgan fingerprint density at radius 2 is 2.17 bits per heavy atom. The Balaban J connectivity index is 2.62. The number of methoxy groups -OCH3 is 1. The molecule has 0 N–H and O–H groups in total. The van der Waals surface area contributed by atoms with E-state index < -0.39 is 0 Å². The highest BCUT2D eigenvalue weighted by molar-refractivity contribution is 5.90. The fraction of sp³-hybridized carbons (Fsp3) is 0.385. The Hall–Kier alpha value is -2.04. The van der Waals surface area contributed by atoms with Crippen LogP contribution in [0, 0.1) is 0 Å². The van der Waals surface area contributed by atoms with Gasteiger partial charge in [0.05, 0.1) is 25.6 Å². The van der Waals surface area contributed by atoms with E-state index in [-0.39, 0.29) is 5.97 Å². The first-order valence-corrected chi connectivity index (χ1v) is 5.93. The Kier molecular flexibility index (Phi) is 3.50. The molecule has 0 atom stereocenters. The number of imidazole rings is 1. The average molecular weight is 248 g/mol. The highest BCUT2D eigenvalue weighted by Crippen LogP contribution is 2.19. The summed E-state index contributed by atoms with van der Waals surface area (Å²) in [6.45, 7) is 4.09. The van der Waals surface area contributed by atoms with Crippen LogP contribution in [0.1, 0.15) is 30.0 Å². The van der Waals surface area contributed by atoms with E-state index in [1.807, 2.05) is 19.1 Å². The molecule has 0 radical (unpaired) electrons. The number of ether oxygens (including phenoxy) is 2. The molecule has 2 aromatic heterocycles. The number of esters is 1. The van der Waals surface area contributed by atoms with Gasteiger partial charge in [0.15, 0.2) is 5.69 Å². The van der Waals surface area contributed by atoms with Crippen LogP contribution in [0.3, 0.4) is 0 Å². The maximum atomic E-state index is 12.0. The van der Waals surface area contributed by atoms with Gasteiger partial charge in [0.1, 0.15) is 11.4 Å². The molecule has 2 aromatic rings. The molecule has 0 fully saturated rings. The van der Waals surface area contributed by atoms with Gasteiger partial charge < -0.3 is 9.47 Å². The van der Waals surface area contributed by atoms with Crippen molar-refractivity contribution in [3.63, 3.8) is 0 Å². The largest absolute Gasteiger partial charge is 0.495 e. The van der Waals surface area contributed by atoms with Crippen LogP contribution in [-0.4, -0.2) is 29.1 Å². The molecule has 18 heavy (non-hydrogen) atoms. The molecule has 0 bridgehead atoms. The van der Waals surface area contributed by atoms with Crippen molar-refractivity contribution in [1.82, 2.24) is 9.38 Å². The molecular formula is C13H16N2O3. The van der Waals surface area contributed by atoms with E-state index in [1.54, 1.807) is 24.6 Å². The number of aryl methyl sites for hydroxylation is 1. The predicted molar refractivity (Wildman–Crippen MR) is 67.1 cm³/mol. The second-order valence-corrected chi connectivity index (χ2v) is 3.78. The van der Waals surface area contributed by atoms with Crippen molar-refractivity contribution in [2.24, 2.45) is 0 Å². The zero-order valence-electron chi connectivity index (χ0n) is 10.8. The van der Waals surface area contributed by atoms with Gasteiger partial charge in [0.25, 0.3) is 0 Å². The SMILES string of the molecule is CCOC(=O)c1c(CC)nc2ccc(OC)cn12. The quantitative estimate of drug-likeness (QED) is 0.777. The summed E-state index contributed by atoms with van der Waals surface area (Å²) in [5.41, 5.74) is 1.94. The Morgan fingerprint density at radius 1 is 1.39 bits per heavy atom. The zero-order valence-corrected chi connectivity index (χ0v) is 10.8. The lowest BCUT2D eigenvalue weighted by molar-refractivity contribution is 0.0517. The topological polar surface area (TPSA) is 52.8 Å². The van der Waals surface area contributed by atoms with Crippen molar-refractivity contribution in [2.75, 3.05) is 13.7 Å². The van der Waals surface area contributed by atoms with Crippen LogP contribution in [0.15, 0.2) is 18.3 Å². The van der Waals surface area contributed by atoms with E-state index in [4.69, 9.17) is 9.47 Å². The van der Waals surface area contributed by atoms with Crippen molar-refractivity contribution in [3.05, 3.63) is 29.7 Å². The van der Waals surface area contributed by atoms with E-state index in [9.17, 15) is 4.79 Å². The van der Waals surface area contributed by atoms with Gasteiger partial charge in [-0.3, -0.25) is 4.40 Å². The second kappa shape index (κ2) is 5.08. The van der Waals surface area contributed by atoms with Gasteiger partial charge in [-0.05, 0) is 25.5 Å². The molecule has 5 heteroatoms. The Bertz CT molecular complexity index is 575. The van der Waals surface area contributed by atoms with E-state index in [0.29, 0.717) is 24.5 Å². The fourth-order valence-electron chi connectivity index (χ4n) is 1.86. The summed E-state index contributed by atoms with van der Waals surface area (Å²) >= 11 is 0. The van der Waals surface area contributed by atoms with Crippen LogP contribution < -0.4 is 4.74 Å². The van der Waals surface area contributed by atoms with E-state index in [2.05, 4.69) is 4.98 Å². The fourth-order valence-corrected chi connectivity index (χ4v) is 1.86. The first kappa shape index (κ1) is 12.4. The van der Waals surface area contributed by atoms with Gasteiger partial charge in [-0.15, -0.1) is 0 Å². The van der Waals surface area contributed by atoms with Crippen molar-refractivity contribution < 1.29 is 14.3 Å². The molecule has 0 unspecified atom stereocenters. The molecule has 5 nitrogen and oxygen atoms in total. The number of hydrogen-bond donors (Lipinski definition) is 0. The van der Waals surface area contributed by atoms with E-state index in [0.717, 1.165) is 11.3 Å². The first-order chi connectivity index (χ1) is 8.71. The lowest BCUT2D eigenvalue weighted by Gasteiger charge is -2.05. The van der Waals surface area contributed by atoms with Crippen LogP contribution in [0.2, 0.25) is 0 Å². The number of aromatic nitrogens is 2. The molecule has 0 saturated carbocycles. The smallest absolute Gasteiger partial charge is 0.357 e. The minimum absolute atomic E-state index is 0.346. The number of pyridine rings is 1. The zero-order chi connectivity index (χ0) is 13.1.